The molecule has 1 amide bonds. The lowest BCUT2D eigenvalue weighted by atomic mass is 9.93. The molecule has 0 bridgehead atoms. The normalized spacial score (nSPS) is 14.3. The minimum absolute atomic E-state index is 0.0800. The van der Waals surface area contributed by atoms with Gasteiger partial charge in [-0.2, -0.15) is 0 Å². The Kier molecular flexibility index (Phi) is 4.08. The molecule has 3 aromatic rings. The fourth-order valence-electron chi connectivity index (χ4n) is 2.64. The first kappa shape index (κ1) is 15.0. The summed E-state index contributed by atoms with van der Waals surface area (Å²) >= 11 is 1.61. The van der Waals surface area contributed by atoms with Crippen molar-refractivity contribution in [2.45, 2.75) is 31.8 Å². The topological polar surface area (TPSA) is 79.8 Å². The van der Waals surface area contributed by atoms with Crippen LogP contribution in [0.1, 0.15) is 35.4 Å². The molecule has 0 aliphatic heterocycles. The zero-order valence-corrected chi connectivity index (χ0v) is 13.8. The van der Waals surface area contributed by atoms with Crippen LogP contribution in [0.4, 0.5) is 5.00 Å². The fourth-order valence-corrected chi connectivity index (χ4v) is 3.59. The highest BCUT2D eigenvalue weighted by Gasteiger charge is 2.22. The van der Waals surface area contributed by atoms with E-state index in [0.29, 0.717) is 18.3 Å². The molecule has 1 aliphatic carbocycles. The van der Waals surface area contributed by atoms with Crippen LogP contribution in [0, 0.1) is 0 Å². The van der Waals surface area contributed by atoms with Gasteiger partial charge in [0.1, 0.15) is 5.69 Å². The summed E-state index contributed by atoms with van der Waals surface area (Å²) in [5, 5.41) is 8.27. The number of aromatic nitrogens is 3. The number of anilines is 1. The summed E-state index contributed by atoms with van der Waals surface area (Å²) in [6.45, 7) is 0.595. The SMILES string of the molecule is O=C(NC1CCC1)c1nccc2sc(NCc3cnccn3)cc12. The van der Waals surface area contributed by atoms with Gasteiger partial charge in [-0.15, -0.1) is 11.3 Å². The molecule has 0 radical (unpaired) electrons. The Morgan fingerprint density at radius 2 is 2.17 bits per heavy atom. The van der Waals surface area contributed by atoms with E-state index in [4.69, 9.17) is 0 Å². The minimum Gasteiger partial charge on any atom is -0.371 e. The molecule has 24 heavy (non-hydrogen) atoms. The molecule has 1 aliphatic rings. The van der Waals surface area contributed by atoms with Crippen molar-refractivity contribution in [3.8, 4) is 0 Å². The first-order valence-electron chi connectivity index (χ1n) is 7.98. The lowest BCUT2D eigenvalue weighted by Gasteiger charge is -2.26. The maximum absolute atomic E-state index is 12.4. The number of hydrogen-bond donors (Lipinski definition) is 2. The number of amides is 1. The summed E-state index contributed by atoms with van der Waals surface area (Å²) in [5.74, 6) is -0.0800. The van der Waals surface area contributed by atoms with Crippen LogP contribution in [-0.4, -0.2) is 26.9 Å². The first-order chi connectivity index (χ1) is 11.8. The van der Waals surface area contributed by atoms with Crippen molar-refractivity contribution in [1.29, 1.82) is 0 Å². The first-order valence-corrected chi connectivity index (χ1v) is 8.79. The molecule has 3 heterocycles. The Morgan fingerprint density at radius 1 is 1.25 bits per heavy atom. The number of pyridine rings is 1. The number of carbonyl (C=O) groups excluding carboxylic acids is 1. The molecular formula is C17H17N5OS. The number of fused-ring (bicyclic) bond motifs is 1. The second kappa shape index (κ2) is 6.52. The third-order valence-electron chi connectivity index (χ3n) is 4.16. The van der Waals surface area contributed by atoms with Gasteiger partial charge in [-0.25, -0.2) is 0 Å². The molecule has 0 aromatic carbocycles. The van der Waals surface area contributed by atoms with Crippen LogP contribution in [0.25, 0.3) is 10.1 Å². The summed E-state index contributed by atoms with van der Waals surface area (Å²) in [4.78, 5) is 25.0. The molecule has 3 aromatic heterocycles. The van der Waals surface area contributed by atoms with E-state index >= 15 is 0 Å². The van der Waals surface area contributed by atoms with Gasteiger partial charge < -0.3 is 10.6 Å². The largest absolute Gasteiger partial charge is 0.371 e. The Bertz CT molecular complexity index is 860. The van der Waals surface area contributed by atoms with Crippen molar-refractivity contribution in [3.63, 3.8) is 0 Å². The van der Waals surface area contributed by atoms with Gasteiger partial charge in [-0.05, 0) is 31.4 Å². The van der Waals surface area contributed by atoms with Crippen LogP contribution < -0.4 is 10.6 Å². The highest BCUT2D eigenvalue weighted by atomic mass is 32.1. The molecule has 0 unspecified atom stereocenters. The van der Waals surface area contributed by atoms with Crippen molar-refractivity contribution < 1.29 is 4.79 Å². The van der Waals surface area contributed by atoms with Crippen molar-refractivity contribution >= 4 is 32.3 Å². The molecule has 122 valence electrons. The Morgan fingerprint density at radius 3 is 2.92 bits per heavy atom. The van der Waals surface area contributed by atoms with Gasteiger partial charge in [0.2, 0.25) is 0 Å². The standard InChI is InChI=1S/C17H17N5OS/c23-17(22-11-2-1-3-11)16-13-8-15(24-14(13)4-5-20-16)21-10-12-9-18-6-7-19-12/h4-9,11,21H,1-3,10H2,(H,22,23). The van der Waals surface area contributed by atoms with Crippen molar-refractivity contribution in [2.75, 3.05) is 5.32 Å². The zero-order valence-electron chi connectivity index (χ0n) is 13.0. The second-order valence-electron chi connectivity index (χ2n) is 5.83. The van der Waals surface area contributed by atoms with Crippen molar-refractivity contribution in [2.24, 2.45) is 0 Å². The Hall–Kier alpha value is -2.54. The quantitative estimate of drug-likeness (QED) is 0.747. The predicted molar refractivity (Wildman–Crippen MR) is 94.1 cm³/mol. The summed E-state index contributed by atoms with van der Waals surface area (Å²) in [6, 6.07) is 4.23. The molecular weight excluding hydrogens is 322 g/mol. The van der Waals surface area contributed by atoms with Gasteiger partial charge in [0, 0.05) is 34.7 Å². The van der Waals surface area contributed by atoms with Gasteiger partial charge in [-0.1, -0.05) is 0 Å². The Labute approximate surface area is 143 Å². The molecule has 2 N–H and O–H groups in total. The molecule has 6 nitrogen and oxygen atoms in total. The van der Waals surface area contributed by atoms with Gasteiger partial charge >= 0.3 is 0 Å². The molecule has 1 fully saturated rings. The monoisotopic (exact) mass is 339 g/mol. The number of nitrogens with one attached hydrogen (secondary N) is 2. The summed E-state index contributed by atoms with van der Waals surface area (Å²) < 4.78 is 1.05. The van der Waals surface area contributed by atoms with Crippen LogP contribution >= 0.6 is 11.3 Å². The van der Waals surface area contributed by atoms with E-state index in [1.165, 1.54) is 6.42 Å². The fraction of sp³-hybridized carbons (Fsp3) is 0.294. The number of hydrogen-bond acceptors (Lipinski definition) is 6. The number of thiophene rings is 1. The van der Waals surface area contributed by atoms with Crippen LogP contribution in [0.15, 0.2) is 36.9 Å². The van der Waals surface area contributed by atoms with E-state index in [0.717, 1.165) is 33.6 Å². The molecule has 1 saturated carbocycles. The summed E-state index contributed by atoms with van der Waals surface area (Å²) in [7, 11) is 0. The molecule has 0 saturated heterocycles. The van der Waals surface area contributed by atoms with Gasteiger partial charge in [0.05, 0.1) is 23.4 Å². The highest BCUT2D eigenvalue weighted by molar-refractivity contribution is 7.22. The van der Waals surface area contributed by atoms with E-state index in [-0.39, 0.29) is 5.91 Å². The minimum atomic E-state index is -0.0800. The van der Waals surface area contributed by atoms with E-state index in [9.17, 15) is 4.79 Å². The molecule has 0 atom stereocenters. The van der Waals surface area contributed by atoms with Gasteiger partial charge in [0.15, 0.2) is 0 Å². The maximum Gasteiger partial charge on any atom is 0.270 e. The number of nitrogens with zero attached hydrogens (tertiary/aromatic N) is 3. The third kappa shape index (κ3) is 3.07. The molecule has 4 rings (SSSR count). The van der Waals surface area contributed by atoms with Crippen LogP contribution in [0.5, 0.6) is 0 Å². The van der Waals surface area contributed by atoms with Gasteiger partial charge in [0.25, 0.3) is 5.91 Å². The zero-order chi connectivity index (χ0) is 16.4. The van der Waals surface area contributed by atoms with Crippen molar-refractivity contribution in [1.82, 2.24) is 20.3 Å². The second-order valence-corrected chi connectivity index (χ2v) is 6.92. The van der Waals surface area contributed by atoms with E-state index < -0.39 is 0 Å². The average molecular weight is 339 g/mol. The smallest absolute Gasteiger partial charge is 0.270 e. The number of rotatable bonds is 5. The number of carbonyl (C=O) groups is 1. The average Bonchev–Trinajstić information content (AvgIpc) is 3.00. The van der Waals surface area contributed by atoms with Crippen LogP contribution in [-0.2, 0) is 6.54 Å². The summed E-state index contributed by atoms with van der Waals surface area (Å²) in [5.41, 5.74) is 1.37. The molecule has 0 spiro atoms. The van der Waals surface area contributed by atoms with Crippen LogP contribution in [0.3, 0.4) is 0 Å². The van der Waals surface area contributed by atoms with Crippen molar-refractivity contribution in [3.05, 3.63) is 48.3 Å². The Balaban J connectivity index is 1.53. The lowest BCUT2D eigenvalue weighted by molar-refractivity contribution is 0.0914. The predicted octanol–water partition coefficient (Wildman–Crippen LogP) is 2.98. The van der Waals surface area contributed by atoms with E-state index in [1.54, 1.807) is 36.1 Å². The van der Waals surface area contributed by atoms with Gasteiger partial charge in [-0.3, -0.25) is 19.7 Å². The van der Waals surface area contributed by atoms with E-state index in [1.807, 2.05) is 12.1 Å². The highest BCUT2D eigenvalue weighted by Crippen LogP contribution is 2.31. The third-order valence-corrected chi connectivity index (χ3v) is 5.22. The summed E-state index contributed by atoms with van der Waals surface area (Å²) in [6.07, 6.45) is 10.1. The van der Waals surface area contributed by atoms with Crippen LogP contribution in [0.2, 0.25) is 0 Å². The lowest BCUT2D eigenvalue weighted by Crippen LogP contribution is -2.39. The molecule has 7 heteroatoms. The van der Waals surface area contributed by atoms with E-state index in [2.05, 4.69) is 25.6 Å². The maximum atomic E-state index is 12.4.